The Kier molecular flexibility index (Phi) is 6.64. The van der Waals surface area contributed by atoms with Crippen molar-refractivity contribution < 1.29 is 9.18 Å². The molecule has 2 N–H and O–H groups in total. The van der Waals surface area contributed by atoms with Crippen LogP contribution in [0.5, 0.6) is 0 Å². The molecule has 0 bridgehead atoms. The predicted octanol–water partition coefficient (Wildman–Crippen LogP) is 4.46. The molecule has 0 aliphatic carbocycles. The Morgan fingerprint density at radius 3 is 2.54 bits per heavy atom. The van der Waals surface area contributed by atoms with Crippen LogP contribution in [0.3, 0.4) is 0 Å². The molecule has 138 valence electrons. The molecule has 1 aliphatic rings. The molecule has 0 aromatic heterocycles. The molecule has 1 heterocycles. The number of amides is 1. The van der Waals surface area contributed by atoms with Crippen molar-refractivity contribution in [3.05, 3.63) is 70.5 Å². The van der Waals surface area contributed by atoms with E-state index in [0.29, 0.717) is 17.4 Å². The van der Waals surface area contributed by atoms with E-state index in [9.17, 15) is 9.18 Å². The minimum absolute atomic E-state index is 0.00206. The lowest BCUT2D eigenvalue weighted by Gasteiger charge is -2.24. The number of hydrogen-bond donors (Lipinski definition) is 2. The largest absolute Gasteiger partial charge is 0.345 e. The van der Waals surface area contributed by atoms with Crippen molar-refractivity contribution in [2.75, 3.05) is 13.1 Å². The van der Waals surface area contributed by atoms with Gasteiger partial charge in [0.2, 0.25) is 5.91 Å². The van der Waals surface area contributed by atoms with E-state index in [0.717, 1.165) is 43.5 Å². The van der Waals surface area contributed by atoms with Gasteiger partial charge in [-0.15, -0.1) is 0 Å². The number of halogens is 2. The number of hydrogen-bond acceptors (Lipinski definition) is 2. The van der Waals surface area contributed by atoms with Crippen LogP contribution < -0.4 is 10.6 Å². The Labute approximate surface area is 158 Å². The Bertz CT molecular complexity index is 729. The summed E-state index contributed by atoms with van der Waals surface area (Å²) in [7, 11) is 0. The molecule has 1 fully saturated rings. The first kappa shape index (κ1) is 18.9. The van der Waals surface area contributed by atoms with Crippen LogP contribution in [-0.2, 0) is 4.79 Å². The molecule has 1 amide bonds. The number of benzene rings is 2. The van der Waals surface area contributed by atoms with Crippen molar-refractivity contribution in [1.29, 1.82) is 0 Å². The van der Waals surface area contributed by atoms with Crippen molar-refractivity contribution in [3.8, 4) is 0 Å². The second kappa shape index (κ2) is 9.15. The van der Waals surface area contributed by atoms with Crippen molar-refractivity contribution in [1.82, 2.24) is 10.6 Å². The third kappa shape index (κ3) is 5.05. The highest BCUT2D eigenvalue weighted by Crippen LogP contribution is 2.29. The number of carbonyl (C=O) groups excluding carboxylic acids is 1. The lowest BCUT2D eigenvalue weighted by Crippen LogP contribution is -2.31. The summed E-state index contributed by atoms with van der Waals surface area (Å²) in [5, 5.41) is 7.01. The first-order valence-electron chi connectivity index (χ1n) is 9.13. The van der Waals surface area contributed by atoms with E-state index in [2.05, 4.69) is 10.6 Å². The highest BCUT2D eigenvalue weighted by atomic mass is 35.5. The standard InChI is InChI=1S/C21H24ClFN2O/c22-19-4-2-1-3-18(19)21(16-6-8-17(23)9-7-16)25-20(26)10-5-15-11-13-24-14-12-15/h1-4,6-9,15,21,24H,5,10-14H2,(H,25,26). The number of rotatable bonds is 6. The number of piperidine rings is 1. The first-order chi connectivity index (χ1) is 12.6. The maximum atomic E-state index is 13.3. The van der Waals surface area contributed by atoms with E-state index in [4.69, 9.17) is 11.6 Å². The predicted molar refractivity (Wildman–Crippen MR) is 103 cm³/mol. The minimum atomic E-state index is -0.384. The van der Waals surface area contributed by atoms with E-state index in [-0.39, 0.29) is 17.8 Å². The molecule has 0 saturated carbocycles. The quantitative estimate of drug-likeness (QED) is 0.783. The lowest BCUT2D eigenvalue weighted by atomic mass is 9.92. The summed E-state index contributed by atoms with van der Waals surface area (Å²) in [6.45, 7) is 2.06. The normalized spacial score (nSPS) is 16.2. The molecule has 1 aliphatic heterocycles. The third-order valence-electron chi connectivity index (χ3n) is 4.96. The van der Waals surface area contributed by atoms with E-state index in [1.165, 1.54) is 12.1 Å². The monoisotopic (exact) mass is 374 g/mol. The smallest absolute Gasteiger partial charge is 0.220 e. The molecule has 3 rings (SSSR count). The van der Waals surface area contributed by atoms with Crippen LogP contribution in [0.1, 0.15) is 42.9 Å². The molecule has 3 nitrogen and oxygen atoms in total. The second-order valence-electron chi connectivity index (χ2n) is 6.81. The van der Waals surface area contributed by atoms with Crippen LogP contribution in [0.15, 0.2) is 48.5 Å². The SMILES string of the molecule is O=C(CCC1CCNCC1)NC(c1ccc(F)cc1)c1ccccc1Cl. The van der Waals surface area contributed by atoms with E-state index >= 15 is 0 Å². The second-order valence-corrected chi connectivity index (χ2v) is 7.21. The molecule has 1 unspecified atom stereocenters. The van der Waals surface area contributed by atoms with Gasteiger partial charge in [-0.3, -0.25) is 4.79 Å². The lowest BCUT2D eigenvalue weighted by molar-refractivity contribution is -0.121. The Morgan fingerprint density at radius 2 is 1.85 bits per heavy atom. The molecular formula is C21H24ClFN2O. The third-order valence-corrected chi connectivity index (χ3v) is 5.31. The molecule has 26 heavy (non-hydrogen) atoms. The molecule has 2 aromatic rings. The fraction of sp³-hybridized carbons (Fsp3) is 0.381. The van der Waals surface area contributed by atoms with E-state index in [1.54, 1.807) is 18.2 Å². The van der Waals surface area contributed by atoms with Crippen LogP contribution in [0.4, 0.5) is 4.39 Å². The molecule has 0 radical (unpaired) electrons. The maximum absolute atomic E-state index is 13.3. The van der Waals surface area contributed by atoms with Gasteiger partial charge in [0.25, 0.3) is 0 Å². The average Bonchev–Trinajstić information content (AvgIpc) is 2.67. The van der Waals surface area contributed by atoms with Crippen LogP contribution in [0.25, 0.3) is 0 Å². The van der Waals surface area contributed by atoms with Gasteiger partial charge in [-0.25, -0.2) is 4.39 Å². The summed E-state index contributed by atoms with van der Waals surface area (Å²) in [6.07, 6.45) is 3.64. The van der Waals surface area contributed by atoms with Gasteiger partial charge < -0.3 is 10.6 Å². The zero-order valence-electron chi connectivity index (χ0n) is 14.7. The highest BCUT2D eigenvalue weighted by molar-refractivity contribution is 6.31. The van der Waals surface area contributed by atoms with Gasteiger partial charge in [-0.1, -0.05) is 41.9 Å². The fourth-order valence-corrected chi connectivity index (χ4v) is 3.69. The summed E-state index contributed by atoms with van der Waals surface area (Å²) in [5.41, 5.74) is 1.63. The Hall–Kier alpha value is -1.91. The van der Waals surface area contributed by atoms with Crippen LogP contribution >= 0.6 is 11.6 Å². The average molecular weight is 375 g/mol. The molecular weight excluding hydrogens is 351 g/mol. The van der Waals surface area contributed by atoms with E-state index in [1.807, 2.05) is 18.2 Å². The Balaban J connectivity index is 1.72. The minimum Gasteiger partial charge on any atom is -0.345 e. The number of nitrogens with one attached hydrogen (secondary N) is 2. The molecule has 1 saturated heterocycles. The zero-order valence-corrected chi connectivity index (χ0v) is 15.4. The van der Waals surface area contributed by atoms with Crippen LogP contribution in [0.2, 0.25) is 5.02 Å². The highest BCUT2D eigenvalue weighted by Gasteiger charge is 2.20. The topological polar surface area (TPSA) is 41.1 Å². The van der Waals surface area contributed by atoms with Gasteiger partial charge >= 0.3 is 0 Å². The summed E-state index contributed by atoms with van der Waals surface area (Å²) in [5.74, 6) is 0.299. The van der Waals surface area contributed by atoms with Crippen molar-refractivity contribution in [2.45, 2.75) is 31.7 Å². The van der Waals surface area contributed by atoms with Gasteiger partial charge in [0.15, 0.2) is 0 Å². The number of carbonyl (C=O) groups is 1. The van der Waals surface area contributed by atoms with Gasteiger partial charge in [0, 0.05) is 11.4 Å². The first-order valence-corrected chi connectivity index (χ1v) is 9.51. The summed E-state index contributed by atoms with van der Waals surface area (Å²) >= 11 is 6.35. The van der Waals surface area contributed by atoms with Gasteiger partial charge in [0.05, 0.1) is 6.04 Å². The van der Waals surface area contributed by atoms with E-state index < -0.39 is 0 Å². The molecule has 1 atom stereocenters. The van der Waals surface area contributed by atoms with Gasteiger partial charge in [-0.05, 0) is 67.6 Å². The summed E-state index contributed by atoms with van der Waals surface area (Å²) < 4.78 is 13.3. The van der Waals surface area contributed by atoms with Crippen molar-refractivity contribution >= 4 is 17.5 Å². The van der Waals surface area contributed by atoms with Crippen molar-refractivity contribution in [3.63, 3.8) is 0 Å². The molecule has 0 spiro atoms. The van der Waals surface area contributed by atoms with Crippen LogP contribution in [-0.4, -0.2) is 19.0 Å². The van der Waals surface area contributed by atoms with Gasteiger partial charge in [-0.2, -0.15) is 0 Å². The maximum Gasteiger partial charge on any atom is 0.220 e. The Morgan fingerprint density at radius 1 is 1.15 bits per heavy atom. The van der Waals surface area contributed by atoms with Crippen molar-refractivity contribution in [2.24, 2.45) is 5.92 Å². The molecule has 5 heteroatoms. The molecule has 2 aromatic carbocycles. The fourth-order valence-electron chi connectivity index (χ4n) is 3.44. The zero-order chi connectivity index (χ0) is 18.4. The van der Waals surface area contributed by atoms with Crippen LogP contribution in [0, 0.1) is 11.7 Å². The summed E-state index contributed by atoms with van der Waals surface area (Å²) in [4.78, 5) is 12.6. The summed E-state index contributed by atoms with van der Waals surface area (Å²) in [6, 6.07) is 13.2. The van der Waals surface area contributed by atoms with Gasteiger partial charge in [0.1, 0.15) is 5.82 Å².